The molecule has 0 spiro atoms. The minimum absolute atomic E-state index is 0.0153. The molecule has 1 aromatic carbocycles. The number of ketones is 1. The van der Waals surface area contributed by atoms with Crippen LogP contribution in [0.1, 0.15) is 36.8 Å². The number of hydrogen-bond acceptors (Lipinski definition) is 3. The molecule has 0 aromatic heterocycles. The molecule has 21 heavy (non-hydrogen) atoms. The molecule has 0 bridgehead atoms. The van der Waals surface area contributed by atoms with Gasteiger partial charge in [0.25, 0.3) is 0 Å². The average Bonchev–Trinajstić information content (AvgIpc) is 2.46. The Kier molecular flexibility index (Phi) is 5.54. The van der Waals surface area contributed by atoms with Crippen molar-refractivity contribution in [1.82, 2.24) is 9.80 Å². The molecule has 1 saturated heterocycles. The van der Waals surface area contributed by atoms with Gasteiger partial charge < -0.3 is 9.80 Å². The first-order valence-corrected chi connectivity index (χ1v) is 7.93. The van der Waals surface area contributed by atoms with Crippen LogP contribution in [0.25, 0.3) is 0 Å². The Morgan fingerprint density at radius 2 is 1.81 bits per heavy atom. The Morgan fingerprint density at radius 1 is 1.24 bits per heavy atom. The molecule has 0 saturated carbocycles. The van der Waals surface area contributed by atoms with Crippen LogP contribution < -0.4 is 0 Å². The van der Waals surface area contributed by atoms with Crippen molar-refractivity contribution in [2.24, 2.45) is 0 Å². The zero-order valence-corrected chi connectivity index (χ0v) is 13.8. The number of piperidine rings is 1. The van der Waals surface area contributed by atoms with E-state index in [1.165, 1.54) is 18.4 Å². The fourth-order valence-corrected chi connectivity index (χ4v) is 3.14. The summed E-state index contributed by atoms with van der Waals surface area (Å²) in [6.45, 7) is 6.85. The molecule has 1 fully saturated rings. The smallest absolute Gasteiger partial charge is 0.138 e. The van der Waals surface area contributed by atoms with Crippen LogP contribution in [0.2, 0.25) is 0 Å². The van der Waals surface area contributed by atoms with Crippen molar-refractivity contribution in [3.63, 3.8) is 0 Å². The van der Waals surface area contributed by atoms with E-state index in [1.54, 1.807) is 6.92 Å². The van der Waals surface area contributed by atoms with E-state index < -0.39 is 0 Å². The van der Waals surface area contributed by atoms with Gasteiger partial charge in [-0.05, 0) is 59.4 Å². The van der Waals surface area contributed by atoms with Crippen molar-refractivity contribution in [1.29, 1.82) is 0 Å². The zero-order valence-electron chi connectivity index (χ0n) is 13.8. The number of benzene rings is 1. The van der Waals surface area contributed by atoms with Crippen LogP contribution in [0.15, 0.2) is 24.3 Å². The molecule has 3 heteroatoms. The third-order valence-corrected chi connectivity index (χ3v) is 4.70. The Morgan fingerprint density at radius 3 is 2.29 bits per heavy atom. The molecule has 1 aliphatic rings. The summed E-state index contributed by atoms with van der Waals surface area (Å²) in [5, 5.41) is 0. The molecule has 1 aromatic rings. The maximum atomic E-state index is 12.0. The normalized spacial score (nSPS) is 18.9. The number of carbonyl (C=O) groups is 1. The highest BCUT2D eigenvalue weighted by molar-refractivity contribution is 5.83. The van der Waals surface area contributed by atoms with Crippen LogP contribution in [0, 0.1) is 6.92 Å². The summed E-state index contributed by atoms with van der Waals surface area (Å²) < 4.78 is 0. The van der Waals surface area contributed by atoms with Gasteiger partial charge in [0.05, 0.1) is 5.92 Å². The van der Waals surface area contributed by atoms with Crippen LogP contribution >= 0.6 is 0 Å². The molecule has 0 aliphatic carbocycles. The zero-order chi connectivity index (χ0) is 15.4. The Labute approximate surface area is 128 Å². The summed E-state index contributed by atoms with van der Waals surface area (Å²) >= 11 is 0. The molecule has 1 heterocycles. The second-order valence-electron chi connectivity index (χ2n) is 6.57. The summed E-state index contributed by atoms with van der Waals surface area (Å²) in [5.41, 5.74) is 2.40. The van der Waals surface area contributed by atoms with Crippen LogP contribution in [0.3, 0.4) is 0 Å². The fraction of sp³-hybridized carbons (Fsp3) is 0.611. The van der Waals surface area contributed by atoms with Gasteiger partial charge in [-0.3, -0.25) is 4.79 Å². The minimum Gasteiger partial charge on any atom is -0.306 e. The van der Waals surface area contributed by atoms with Crippen molar-refractivity contribution < 1.29 is 4.79 Å². The van der Waals surface area contributed by atoms with Gasteiger partial charge in [0, 0.05) is 12.6 Å². The molecule has 0 amide bonds. The maximum Gasteiger partial charge on any atom is 0.138 e. The summed E-state index contributed by atoms with van der Waals surface area (Å²) in [6, 6.07) is 9.10. The van der Waals surface area contributed by atoms with Gasteiger partial charge >= 0.3 is 0 Å². The lowest BCUT2D eigenvalue weighted by Crippen LogP contribution is -2.43. The maximum absolute atomic E-state index is 12.0. The van der Waals surface area contributed by atoms with Gasteiger partial charge in [-0.1, -0.05) is 29.8 Å². The predicted octanol–water partition coefficient (Wildman–Crippen LogP) is 2.69. The number of aryl methyl sites for hydroxylation is 1. The van der Waals surface area contributed by atoms with E-state index >= 15 is 0 Å². The molecule has 0 N–H and O–H groups in total. The van der Waals surface area contributed by atoms with Crippen LogP contribution in [-0.4, -0.2) is 55.4 Å². The largest absolute Gasteiger partial charge is 0.306 e. The van der Waals surface area contributed by atoms with E-state index in [0.29, 0.717) is 6.04 Å². The fourth-order valence-electron chi connectivity index (χ4n) is 3.14. The summed E-state index contributed by atoms with van der Waals surface area (Å²) in [7, 11) is 4.32. The van der Waals surface area contributed by atoms with Crippen molar-refractivity contribution >= 4 is 5.78 Å². The van der Waals surface area contributed by atoms with E-state index in [1.807, 2.05) is 0 Å². The second kappa shape index (κ2) is 7.19. The van der Waals surface area contributed by atoms with Crippen molar-refractivity contribution in [2.75, 3.05) is 33.7 Å². The lowest BCUT2D eigenvalue weighted by atomic mass is 9.93. The first-order chi connectivity index (χ1) is 9.97. The standard InChI is InChI=1S/C18H28N2O/c1-14-5-7-16(8-6-14)18(15(2)21)13-20-11-9-17(10-12-20)19(3)4/h5-8,17-18H,9-13H2,1-4H3/t18-/m0/s1. The molecule has 0 unspecified atom stereocenters. The predicted molar refractivity (Wildman–Crippen MR) is 87.8 cm³/mol. The molecule has 1 aliphatic heterocycles. The van der Waals surface area contributed by atoms with Gasteiger partial charge in [-0.15, -0.1) is 0 Å². The second-order valence-corrected chi connectivity index (χ2v) is 6.57. The lowest BCUT2D eigenvalue weighted by Gasteiger charge is -2.36. The van der Waals surface area contributed by atoms with E-state index in [0.717, 1.165) is 25.2 Å². The molecule has 0 radical (unpaired) electrons. The van der Waals surface area contributed by atoms with Gasteiger partial charge in [0.2, 0.25) is 0 Å². The van der Waals surface area contributed by atoms with Crippen LogP contribution in [0.4, 0.5) is 0 Å². The number of carbonyl (C=O) groups excluding carboxylic acids is 1. The van der Waals surface area contributed by atoms with Gasteiger partial charge in [-0.25, -0.2) is 0 Å². The van der Waals surface area contributed by atoms with Crippen molar-refractivity contribution in [3.05, 3.63) is 35.4 Å². The molecule has 2 rings (SSSR count). The molecular formula is C18H28N2O. The molecule has 116 valence electrons. The molecule has 1 atom stereocenters. The van der Waals surface area contributed by atoms with Crippen LogP contribution in [0.5, 0.6) is 0 Å². The lowest BCUT2D eigenvalue weighted by molar-refractivity contribution is -0.119. The topological polar surface area (TPSA) is 23.6 Å². The van der Waals surface area contributed by atoms with Gasteiger partial charge in [0.1, 0.15) is 5.78 Å². The van der Waals surface area contributed by atoms with Gasteiger partial charge in [-0.2, -0.15) is 0 Å². The van der Waals surface area contributed by atoms with Crippen LogP contribution in [-0.2, 0) is 4.79 Å². The van der Waals surface area contributed by atoms with Crippen molar-refractivity contribution in [2.45, 2.75) is 38.6 Å². The third kappa shape index (κ3) is 4.39. The highest BCUT2D eigenvalue weighted by Crippen LogP contribution is 2.22. The summed E-state index contributed by atoms with van der Waals surface area (Å²) in [5.74, 6) is 0.287. The first kappa shape index (κ1) is 16.2. The highest BCUT2D eigenvalue weighted by Gasteiger charge is 2.25. The monoisotopic (exact) mass is 288 g/mol. The minimum atomic E-state index is 0.0153. The number of likely N-dealkylation sites (tertiary alicyclic amines) is 1. The first-order valence-electron chi connectivity index (χ1n) is 7.93. The van der Waals surface area contributed by atoms with E-state index in [4.69, 9.17) is 0 Å². The quantitative estimate of drug-likeness (QED) is 0.832. The third-order valence-electron chi connectivity index (χ3n) is 4.70. The number of rotatable bonds is 5. The summed E-state index contributed by atoms with van der Waals surface area (Å²) in [4.78, 5) is 16.8. The number of hydrogen-bond donors (Lipinski definition) is 0. The Balaban J connectivity index is 1.98. The molecular weight excluding hydrogens is 260 g/mol. The van der Waals surface area contributed by atoms with E-state index in [9.17, 15) is 4.79 Å². The van der Waals surface area contributed by atoms with Crippen molar-refractivity contribution in [3.8, 4) is 0 Å². The van der Waals surface area contributed by atoms with E-state index in [-0.39, 0.29) is 11.7 Å². The highest BCUT2D eigenvalue weighted by atomic mass is 16.1. The molecule has 3 nitrogen and oxygen atoms in total. The van der Waals surface area contributed by atoms with E-state index in [2.05, 4.69) is 55.1 Å². The summed E-state index contributed by atoms with van der Waals surface area (Å²) in [6.07, 6.45) is 2.40. The Hall–Kier alpha value is -1.19. The number of nitrogens with zero attached hydrogens (tertiary/aromatic N) is 2. The SMILES string of the molecule is CC(=O)[C@H](CN1CCC(N(C)C)CC1)c1ccc(C)cc1. The Bertz CT molecular complexity index is 459. The average molecular weight is 288 g/mol. The van der Waals surface area contributed by atoms with Gasteiger partial charge in [0.15, 0.2) is 0 Å². The number of Topliss-reactive ketones (excluding diaryl/α,β-unsaturated/α-hetero) is 1.